The van der Waals surface area contributed by atoms with Gasteiger partial charge in [0, 0.05) is 36.8 Å². The molecule has 3 rings (SSSR count). The van der Waals surface area contributed by atoms with Crippen LogP contribution in [0.3, 0.4) is 0 Å². The van der Waals surface area contributed by atoms with E-state index in [1.54, 1.807) is 23.1 Å². The smallest absolute Gasteiger partial charge is 0.254 e. The quantitative estimate of drug-likeness (QED) is 0.900. The number of H-pyrrole nitrogens is 1. The number of furan rings is 1. The maximum atomic E-state index is 12.5. The van der Waals surface area contributed by atoms with E-state index in [1.807, 2.05) is 0 Å². The topological polar surface area (TPSA) is 86.5 Å². The molecule has 0 radical (unpaired) electrons. The molecule has 0 spiro atoms. The summed E-state index contributed by atoms with van der Waals surface area (Å²) < 4.78 is 5.20. The van der Waals surface area contributed by atoms with Gasteiger partial charge in [-0.05, 0) is 31.0 Å². The van der Waals surface area contributed by atoms with Crippen molar-refractivity contribution in [1.29, 1.82) is 0 Å². The lowest BCUT2D eigenvalue weighted by Crippen LogP contribution is -2.36. The van der Waals surface area contributed by atoms with Gasteiger partial charge in [0.2, 0.25) is 5.56 Å². The van der Waals surface area contributed by atoms with Crippen molar-refractivity contribution in [3.63, 3.8) is 0 Å². The van der Waals surface area contributed by atoms with Gasteiger partial charge in [-0.2, -0.15) is 0 Å². The Kier molecular flexibility index (Phi) is 4.11. The molecule has 0 aliphatic carbocycles. The lowest BCUT2D eigenvalue weighted by molar-refractivity contribution is 0.0641. The SMILES string of the molecule is O=C(c1cc[nH]c(=O)c1)N1CCCC1CC(O)c1ccco1. The van der Waals surface area contributed by atoms with Crippen LogP contribution in [0.15, 0.2) is 45.9 Å². The second kappa shape index (κ2) is 6.19. The van der Waals surface area contributed by atoms with Gasteiger partial charge in [-0.15, -0.1) is 0 Å². The highest BCUT2D eigenvalue weighted by Gasteiger charge is 2.31. The molecule has 1 saturated heterocycles. The monoisotopic (exact) mass is 302 g/mol. The largest absolute Gasteiger partial charge is 0.467 e. The molecule has 1 aliphatic rings. The highest BCUT2D eigenvalue weighted by atomic mass is 16.4. The number of aromatic nitrogens is 1. The van der Waals surface area contributed by atoms with Crippen LogP contribution in [0.2, 0.25) is 0 Å². The number of pyridine rings is 1. The van der Waals surface area contributed by atoms with E-state index in [2.05, 4.69) is 4.98 Å². The van der Waals surface area contributed by atoms with Crippen molar-refractivity contribution in [3.8, 4) is 0 Å². The van der Waals surface area contributed by atoms with Gasteiger partial charge in [-0.25, -0.2) is 0 Å². The van der Waals surface area contributed by atoms with Crippen LogP contribution in [-0.2, 0) is 0 Å². The van der Waals surface area contributed by atoms with Crippen LogP contribution < -0.4 is 5.56 Å². The predicted molar refractivity (Wildman–Crippen MR) is 79.4 cm³/mol. The Morgan fingerprint density at radius 3 is 3.09 bits per heavy atom. The predicted octanol–water partition coefficient (Wildman–Crippen LogP) is 1.70. The summed E-state index contributed by atoms with van der Waals surface area (Å²) in [4.78, 5) is 28.1. The van der Waals surface area contributed by atoms with Crippen molar-refractivity contribution < 1.29 is 14.3 Å². The van der Waals surface area contributed by atoms with E-state index < -0.39 is 6.10 Å². The Morgan fingerprint density at radius 2 is 2.36 bits per heavy atom. The second-order valence-corrected chi connectivity index (χ2v) is 5.50. The third-order valence-electron chi connectivity index (χ3n) is 4.03. The summed E-state index contributed by atoms with van der Waals surface area (Å²) in [7, 11) is 0. The van der Waals surface area contributed by atoms with Crippen molar-refractivity contribution in [2.75, 3.05) is 6.54 Å². The van der Waals surface area contributed by atoms with E-state index in [0.717, 1.165) is 12.8 Å². The van der Waals surface area contributed by atoms with Crippen LogP contribution in [0.4, 0.5) is 0 Å². The van der Waals surface area contributed by atoms with Gasteiger partial charge in [-0.1, -0.05) is 0 Å². The third-order valence-corrected chi connectivity index (χ3v) is 4.03. The summed E-state index contributed by atoms with van der Waals surface area (Å²) in [5.41, 5.74) is 0.0837. The maximum absolute atomic E-state index is 12.5. The average Bonchev–Trinajstić information content (AvgIpc) is 3.18. The molecule has 1 amide bonds. The molecule has 2 aromatic rings. The van der Waals surface area contributed by atoms with Gasteiger partial charge in [0.25, 0.3) is 5.91 Å². The van der Waals surface area contributed by atoms with Crippen molar-refractivity contribution >= 4 is 5.91 Å². The Morgan fingerprint density at radius 1 is 1.50 bits per heavy atom. The third kappa shape index (κ3) is 2.96. The molecule has 3 heterocycles. The van der Waals surface area contributed by atoms with E-state index in [0.29, 0.717) is 24.3 Å². The van der Waals surface area contributed by atoms with Crippen molar-refractivity contribution in [2.24, 2.45) is 0 Å². The van der Waals surface area contributed by atoms with Crippen molar-refractivity contribution in [2.45, 2.75) is 31.4 Å². The molecule has 6 heteroatoms. The zero-order valence-corrected chi connectivity index (χ0v) is 12.1. The van der Waals surface area contributed by atoms with Gasteiger partial charge < -0.3 is 19.4 Å². The number of aromatic amines is 1. The Hall–Kier alpha value is -2.34. The van der Waals surface area contributed by atoms with Gasteiger partial charge in [0.05, 0.1) is 6.26 Å². The van der Waals surface area contributed by atoms with Crippen LogP contribution >= 0.6 is 0 Å². The lowest BCUT2D eigenvalue weighted by Gasteiger charge is -2.26. The van der Waals surface area contributed by atoms with Crippen LogP contribution in [-0.4, -0.2) is 33.5 Å². The molecule has 0 saturated carbocycles. The average molecular weight is 302 g/mol. The summed E-state index contributed by atoms with van der Waals surface area (Å²) >= 11 is 0. The molecular weight excluding hydrogens is 284 g/mol. The second-order valence-electron chi connectivity index (χ2n) is 5.50. The fourth-order valence-corrected chi connectivity index (χ4v) is 2.95. The molecule has 0 bridgehead atoms. The molecular formula is C16H18N2O4. The van der Waals surface area contributed by atoms with Crippen molar-refractivity contribution in [1.82, 2.24) is 9.88 Å². The number of aliphatic hydroxyl groups is 1. The highest BCUT2D eigenvalue weighted by molar-refractivity contribution is 5.94. The van der Waals surface area contributed by atoms with E-state index in [4.69, 9.17) is 4.42 Å². The number of rotatable bonds is 4. The van der Waals surface area contributed by atoms with E-state index in [9.17, 15) is 14.7 Å². The number of hydrogen-bond donors (Lipinski definition) is 2. The van der Waals surface area contributed by atoms with Crippen LogP contribution in [0.25, 0.3) is 0 Å². The fraction of sp³-hybridized carbons (Fsp3) is 0.375. The van der Waals surface area contributed by atoms with Gasteiger partial charge in [0.1, 0.15) is 11.9 Å². The normalized spacial score (nSPS) is 19.3. The number of likely N-dealkylation sites (tertiary alicyclic amines) is 1. The first-order valence-corrected chi connectivity index (χ1v) is 7.36. The molecule has 2 atom stereocenters. The minimum absolute atomic E-state index is 0.0492. The Balaban J connectivity index is 1.73. The number of nitrogens with zero attached hydrogens (tertiary/aromatic N) is 1. The summed E-state index contributed by atoms with van der Waals surface area (Å²) in [5, 5.41) is 10.2. The van der Waals surface area contributed by atoms with Gasteiger partial charge >= 0.3 is 0 Å². The number of hydrogen-bond acceptors (Lipinski definition) is 4. The van der Waals surface area contributed by atoms with E-state index in [1.165, 1.54) is 18.5 Å². The number of carbonyl (C=O) groups excluding carboxylic acids is 1. The minimum atomic E-state index is -0.729. The molecule has 2 aromatic heterocycles. The molecule has 22 heavy (non-hydrogen) atoms. The maximum Gasteiger partial charge on any atom is 0.254 e. The molecule has 2 unspecified atom stereocenters. The molecule has 1 aliphatic heterocycles. The van der Waals surface area contributed by atoms with Crippen LogP contribution in [0.5, 0.6) is 0 Å². The summed E-state index contributed by atoms with van der Waals surface area (Å²) in [5.74, 6) is 0.343. The van der Waals surface area contributed by atoms with Crippen LogP contribution in [0, 0.1) is 0 Å². The van der Waals surface area contributed by atoms with E-state index >= 15 is 0 Å². The number of carbonyl (C=O) groups is 1. The van der Waals surface area contributed by atoms with Gasteiger partial charge in [-0.3, -0.25) is 9.59 Å². The first-order chi connectivity index (χ1) is 10.6. The van der Waals surface area contributed by atoms with Crippen LogP contribution in [0.1, 0.15) is 41.5 Å². The number of aliphatic hydroxyl groups excluding tert-OH is 1. The zero-order valence-electron chi connectivity index (χ0n) is 12.1. The fourth-order valence-electron chi connectivity index (χ4n) is 2.95. The first-order valence-electron chi connectivity index (χ1n) is 7.36. The minimum Gasteiger partial charge on any atom is -0.467 e. The summed E-state index contributed by atoms with van der Waals surface area (Å²) in [6, 6.07) is 6.31. The lowest BCUT2D eigenvalue weighted by atomic mass is 10.0. The summed E-state index contributed by atoms with van der Waals surface area (Å²) in [6.45, 7) is 0.640. The molecule has 0 aromatic carbocycles. The molecule has 1 fully saturated rings. The van der Waals surface area contributed by atoms with Crippen molar-refractivity contribution in [3.05, 3.63) is 58.4 Å². The Labute approximate surface area is 127 Å². The van der Waals surface area contributed by atoms with Gasteiger partial charge in [0.15, 0.2) is 0 Å². The molecule has 6 nitrogen and oxygen atoms in total. The molecule has 116 valence electrons. The zero-order chi connectivity index (χ0) is 15.5. The first kappa shape index (κ1) is 14.6. The number of nitrogens with one attached hydrogen (secondary N) is 1. The highest BCUT2D eigenvalue weighted by Crippen LogP contribution is 2.28. The number of amides is 1. The molecule has 2 N–H and O–H groups in total. The van der Waals surface area contributed by atoms with E-state index in [-0.39, 0.29) is 17.5 Å². The summed E-state index contributed by atoms with van der Waals surface area (Å²) in [6.07, 6.45) is 4.43. The standard InChI is InChI=1S/C16H18N2O4/c19-13(14-4-2-8-22-14)10-12-3-1-7-18(12)16(21)11-5-6-17-15(20)9-11/h2,4-6,8-9,12-13,19H,1,3,7,10H2,(H,17,20). The Bertz CT molecular complexity index is 692.